The largest absolute Gasteiger partial charge is 0.345 e. The molecule has 0 amide bonds. The lowest BCUT2D eigenvalue weighted by Gasteiger charge is -1.93. The van der Waals surface area contributed by atoms with Crippen LogP contribution in [0.5, 0.6) is 0 Å². The van der Waals surface area contributed by atoms with Gasteiger partial charge in [-0.25, -0.2) is 0 Å². The van der Waals surface area contributed by atoms with Gasteiger partial charge in [0.15, 0.2) is 0 Å². The monoisotopic (exact) mass is 184 g/mol. The number of allylic oxidation sites excluding steroid dienone is 2. The van der Waals surface area contributed by atoms with Crippen molar-refractivity contribution in [3.8, 4) is 0 Å². The highest BCUT2D eigenvalue weighted by molar-refractivity contribution is 5.24. The molecule has 0 aliphatic heterocycles. The Kier molecular flexibility index (Phi) is 3.52. The molecule has 0 aromatic heterocycles. The van der Waals surface area contributed by atoms with Gasteiger partial charge in [-0.3, -0.25) is 20.2 Å². The lowest BCUT2D eigenvalue weighted by Crippen LogP contribution is -2.08. The first-order valence-corrected chi connectivity index (χ1v) is 3.21. The molecule has 0 bridgehead atoms. The summed E-state index contributed by atoms with van der Waals surface area (Å²) in [6.07, 6.45) is 1.01. The standard InChI is InChI=1S/C7H8N2O4/c1-5(2)4-7(9(12)13)6(3)8(10)11/h4H,1,3H2,2H3/b7-4+. The molecule has 0 aliphatic rings. The highest BCUT2D eigenvalue weighted by Crippen LogP contribution is 2.11. The summed E-state index contributed by atoms with van der Waals surface area (Å²) in [4.78, 5) is 18.7. The van der Waals surface area contributed by atoms with E-state index in [-0.39, 0.29) is 0 Å². The Morgan fingerprint density at radius 2 is 1.69 bits per heavy atom. The highest BCUT2D eigenvalue weighted by Gasteiger charge is 2.25. The van der Waals surface area contributed by atoms with Crippen LogP contribution in [0.3, 0.4) is 0 Å². The van der Waals surface area contributed by atoms with E-state index in [1.807, 2.05) is 0 Å². The van der Waals surface area contributed by atoms with E-state index in [4.69, 9.17) is 0 Å². The van der Waals surface area contributed by atoms with Crippen LogP contribution in [0.15, 0.2) is 36.2 Å². The summed E-state index contributed by atoms with van der Waals surface area (Å²) in [5, 5.41) is 20.5. The van der Waals surface area contributed by atoms with E-state index in [0.29, 0.717) is 5.57 Å². The van der Waals surface area contributed by atoms with Crippen molar-refractivity contribution in [2.24, 2.45) is 0 Å². The zero-order valence-corrected chi connectivity index (χ0v) is 7.02. The van der Waals surface area contributed by atoms with Crippen LogP contribution in [0.1, 0.15) is 6.92 Å². The molecule has 70 valence electrons. The van der Waals surface area contributed by atoms with E-state index in [9.17, 15) is 20.2 Å². The fraction of sp³-hybridized carbons (Fsp3) is 0.143. The molecule has 0 fully saturated rings. The average molecular weight is 184 g/mol. The van der Waals surface area contributed by atoms with Gasteiger partial charge in [-0.1, -0.05) is 12.2 Å². The van der Waals surface area contributed by atoms with Gasteiger partial charge in [0, 0.05) is 6.08 Å². The van der Waals surface area contributed by atoms with Crippen molar-refractivity contribution >= 4 is 0 Å². The third kappa shape index (κ3) is 3.28. The predicted octanol–water partition coefficient (Wildman–Crippen LogP) is 1.51. The third-order valence-electron chi connectivity index (χ3n) is 1.10. The van der Waals surface area contributed by atoms with Gasteiger partial charge in [0.25, 0.3) is 0 Å². The Morgan fingerprint density at radius 3 is 1.92 bits per heavy atom. The van der Waals surface area contributed by atoms with Gasteiger partial charge in [-0.05, 0) is 13.5 Å². The molecule has 0 atom stereocenters. The van der Waals surface area contributed by atoms with Crippen LogP contribution in [-0.4, -0.2) is 9.85 Å². The second-order valence-electron chi connectivity index (χ2n) is 2.34. The number of rotatable bonds is 4. The molecule has 0 aromatic carbocycles. The first kappa shape index (κ1) is 11.0. The average Bonchev–Trinajstić information content (AvgIpc) is 1.97. The van der Waals surface area contributed by atoms with E-state index in [1.165, 1.54) is 6.92 Å². The van der Waals surface area contributed by atoms with Crippen LogP contribution in [0.2, 0.25) is 0 Å². The lowest BCUT2D eigenvalue weighted by atomic mass is 10.2. The molecular weight excluding hydrogens is 176 g/mol. The highest BCUT2D eigenvalue weighted by atomic mass is 16.6. The smallest absolute Gasteiger partial charge is 0.258 e. The van der Waals surface area contributed by atoms with Gasteiger partial charge in [0.05, 0.1) is 9.85 Å². The summed E-state index contributed by atoms with van der Waals surface area (Å²) in [5.74, 6) is 0. The summed E-state index contributed by atoms with van der Waals surface area (Å²) >= 11 is 0. The normalized spacial score (nSPS) is 10.7. The SMILES string of the molecule is C=C(C)/C=C(\C(=C)[N+](=O)[O-])[N+](=O)[O-]. The maximum Gasteiger partial charge on any atom is 0.345 e. The molecule has 0 N–H and O–H groups in total. The molecule has 0 aromatic rings. The number of nitro groups is 2. The topological polar surface area (TPSA) is 86.3 Å². The van der Waals surface area contributed by atoms with Crippen molar-refractivity contribution in [3.63, 3.8) is 0 Å². The molecule has 6 nitrogen and oxygen atoms in total. The van der Waals surface area contributed by atoms with Crippen LogP contribution in [0.4, 0.5) is 0 Å². The fourth-order valence-corrected chi connectivity index (χ4v) is 0.568. The number of nitrogens with zero attached hydrogens (tertiary/aromatic N) is 2. The van der Waals surface area contributed by atoms with E-state index >= 15 is 0 Å². The zero-order valence-electron chi connectivity index (χ0n) is 7.02. The first-order valence-electron chi connectivity index (χ1n) is 3.21. The summed E-state index contributed by atoms with van der Waals surface area (Å²) in [6, 6.07) is 0. The van der Waals surface area contributed by atoms with Gasteiger partial charge >= 0.3 is 11.4 Å². The van der Waals surface area contributed by atoms with E-state index in [1.54, 1.807) is 0 Å². The molecule has 0 unspecified atom stereocenters. The van der Waals surface area contributed by atoms with E-state index in [0.717, 1.165) is 6.08 Å². The van der Waals surface area contributed by atoms with E-state index < -0.39 is 21.2 Å². The Bertz CT molecular complexity index is 316. The molecule has 13 heavy (non-hydrogen) atoms. The molecule has 0 saturated heterocycles. The number of hydrogen-bond donors (Lipinski definition) is 0. The molecule has 0 radical (unpaired) electrons. The maximum absolute atomic E-state index is 10.3. The minimum Gasteiger partial charge on any atom is -0.258 e. The van der Waals surface area contributed by atoms with Crippen molar-refractivity contribution < 1.29 is 9.85 Å². The minimum absolute atomic E-state index is 0.356. The second kappa shape index (κ2) is 4.15. The summed E-state index contributed by atoms with van der Waals surface area (Å²) in [6.45, 7) is 7.85. The summed E-state index contributed by atoms with van der Waals surface area (Å²) in [5.41, 5.74) is -1.03. The Morgan fingerprint density at radius 1 is 1.23 bits per heavy atom. The predicted molar refractivity (Wildman–Crippen MR) is 46.0 cm³/mol. The molecular formula is C7H8N2O4. The zero-order chi connectivity index (χ0) is 10.6. The summed E-state index contributed by atoms with van der Waals surface area (Å²) < 4.78 is 0. The van der Waals surface area contributed by atoms with Crippen LogP contribution in [0, 0.1) is 20.2 Å². The van der Waals surface area contributed by atoms with Crippen molar-refractivity contribution in [2.75, 3.05) is 0 Å². The molecule has 0 aliphatic carbocycles. The van der Waals surface area contributed by atoms with Gasteiger partial charge in [0.2, 0.25) is 0 Å². The molecule has 0 rings (SSSR count). The van der Waals surface area contributed by atoms with Crippen LogP contribution < -0.4 is 0 Å². The van der Waals surface area contributed by atoms with Crippen molar-refractivity contribution in [3.05, 3.63) is 56.4 Å². The number of hydrogen-bond acceptors (Lipinski definition) is 4. The molecule has 6 heteroatoms. The molecule has 0 spiro atoms. The molecule has 0 saturated carbocycles. The fourth-order valence-electron chi connectivity index (χ4n) is 0.568. The first-order chi connectivity index (χ1) is 5.86. The van der Waals surface area contributed by atoms with Crippen LogP contribution in [0.25, 0.3) is 0 Å². The Hall–Kier alpha value is -1.98. The molecule has 0 heterocycles. The minimum atomic E-state index is -0.905. The Labute approximate surface area is 74.2 Å². The lowest BCUT2D eigenvalue weighted by molar-refractivity contribution is -0.479. The maximum atomic E-state index is 10.3. The third-order valence-corrected chi connectivity index (χ3v) is 1.10. The van der Waals surface area contributed by atoms with Gasteiger partial charge < -0.3 is 0 Å². The van der Waals surface area contributed by atoms with Gasteiger partial charge in [0.1, 0.15) is 0 Å². The quantitative estimate of drug-likeness (QED) is 0.376. The van der Waals surface area contributed by atoms with Gasteiger partial charge in [-0.15, -0.1) is 0 Å². The second-order valence-corrected chi connectivity index (χ2v) is 2.34. The van der Waals surface area contributed by atoms with Crippen LogP contribution in [-0.2, 0) is 0 Å². The van der Waals surface area contributed by atoms with Crippen molar-refractivity contribution in [1.82, 2.24) is 0 Å². The van der Waals surface area contributed by atoms with Gasteiger partial charge in [-0.2, -0.15) is 0 Å². The summed E-state index contributed by atoms with van der Waals surface area (Å²) in [7, 11) is 0. The van der Waals surface area contributed by atoms with E-state index in [2.05, 4.69) is 13.2 Å². The Balaban J connectivity index is 5.05. The van der Waals surface area contributed by atoms with Crippen molar-refractivity contribution in [1.29, 1.82) is 0 Å². The van der Waals surface area contributed by atoms with Crippen LogP contribution >= 0.6 is 0 Å². The van der Waals surface area contributed by atoms with Crippen molar-refractivity contribution in [2.45, 2.75) is 6.92 Å².